The number of carbonyl (C=O) groups is 3. The summed E-state index contributed by atoms with van der Waals surface area (Å²) >= 11 is 0. The number of nitrogens with one attached hydrogen (secondary N) is 1. The first-order chi connectivity index (χ1) is 8.54. The molecule has 0 atom stereocenters. The largest absolute Gasteiger partial charge is 0.481 e. The molecule has 2 N–H and O–H groups in total. The highest BCUT2D eigenvalue weighted by Crippen LogP contribution is 2.16. The molecular formula is C12H13NO5. The number of hydrogen-bond donors (Lipinski definition) is 2. The van der Waals surface area contributed by atoms with E-state index in [4.69, 9.17) is 9.84 Å². The number of ether oxygens (including phenoxy) is 1. The summed E-state index contributed by atoms with van der Waals surface area (Å²) in [5.41, 5.74) is 0.431. The summed E-state index contributed by atoms with van der Waals surface area (Å²) < 4.78 is 4.82. The quantitative estimate of drug-likeness (QED) is 0.607. The number of hydrogen-bond acceptors (Lipinski definition) is 4. The Morgan fingerprint density at radius 2 is 1.94 bits per heavy atom. The molecule has 18 heavy (non-hydrogen) atoms. The van der Waals surface area contributed by atoms with Gasteiger partial charge in [-0.05, 0) is 19.1 Å². The second-order valence-electron chi connectivity index (χ2n) is 3.38. The summed E-state index contributed by atoms with van der Waals surface area (Å²) in [7, 11) is 0. The Kier molecular flexibility index (Phi) is 4.86. The normalized spacial score (nSPS) is 9.61. The van der Waals surface area contributed by atoms with Gasteiger partial charge in [-0.3, -0.25) is 9.59 Å². The van der Waals surface area contributed by atoms with Crippen LogP contribution in [0.5, 0.6) is 0 Å². The van der Waals surface area contributed by atoms with Crippen LogP contribution >= 0.6 is 0 Å². The molecule has 0 aliphatic heterocycles. The molecule has 1 rings (SSSR count). The predicted molar refractivity (Wildman–Crippen MR) is 63.3 cm³/mol. The SMILES string of the molecule is CCOC(=O)c1ccccc1NC(=O)CC(=O)O. The minimum atomic E-state index is -1.24. The summed E-state index contributed by atoms with van der Waals surface area (Å²) in [5.74, 6) is -2.50. The topological polar surface area (TPSA) is 92.7 Å². The number of carboxylic acid groups (broad SMARTS) is 1. The Balaban J connectivity index is 2.85. The van der Waals surface area contributed by atoms with E-state index in [-0.39, 0.29) is 17.9 Å². The molecule has 0 fully saturated rings. The van der Waals surface area contributed by atoms with Crippen molar-refractivity contribution in [3.63, 3.8) is 0 Å². The third-order valence-corrected chi connectivity index (χ3v) is 2.01. The average Bonchev–Trinajstić information content (AvgIpc) is 2.28. The molecule has 0 radical (unpaired) electrons. The van der Waals surface area contributed by atoms with Gasteiger partial charge in [-0.15, -0.1) is 0 Å². The standard InChI is InChI=1S/C12H13NO5/c1-2-18-12(17)8-5-3-4-6-9(8)13-10(14)7-11(15)16/h3-6H,2,7H2,1H3,(H,13,14)(H,15,16). The summed E-state index contributed by atoms with van der Waals surface area (Å²) in [6.45, 7) is 1.89. The highest BCUT2D eigenvalue weighted by molar-refractivity contribution is 6.05. The lowest BCUT2D eigenvalue weighted by molar-refractivity contribution is -0.139. The molecule has 0 aliphatic rings. The van der Waals surface area contributed by atoms with Crippen molar-refractivity contribution < 1.29 is 24.2 Å². The number of aliphatic carboxylic acids is 1. The van der Waals surface area contributed by atoms with Gasteiger partial charge in [0.1, 0.15) is 6.42 Å². The van der Waals surface area contributed by atoms with Gasteiger partial charge < -0.3 is 15.2 Å². The van der Waals surface area contributed by atoms with Gasteiger partial charge in [0, 0.05) is 0 Å². The lowest BCUT2D eigenvalue weighted by atomic mass is 10.1. The van der Waals surface area contributed by atoms with E-state index in [0.717, 1.165) is 0 Å². The first-order valence-corrected chi connectivity index (χ1v) is 5.32. The Morgan fingerprint density at radius 1 is 1.28 bits per heavy atom. The second kappa shape index (κ2) is 6.39. The van der Waals surface area contributed by atoms with Crippen LogP contribution in [0.25, 0.3) is 0 Å². The van der Waals surface area contributed by atoms with Crippen LogP contribution < -0.4 is 5.32 Å². The maximum Gasteiger partial charge on any atom is 0.340 e. The number of para-hydroxylation sites is 1. The van der Waals surface area contributed by atoms with Crippen LogP contribution in [-0.2, 0) is 14.3 Å². The van der Waals surface area contributed by atoms with Crippen molar-refractivity contribution in [3.8, 4) is 0 Å². The van der Waals surface area contributed by atoms with E-state index < -0.39 is 24.3 Å². The molecular weight excluding hydrogens is 238 g/mol. The van der Waals surface area contributed by atoms with E-state index in [1.165, 1.54) is 12.1 Å². The molecule has 0 spiro atoms. The van der Waals surface area contributed by atoms with Crippen LogP contribution in [0.1, 0.15) is 23.7 Å². The molecule has 6 nitrogen and oxygen atoms in total. The van der Waals surface area contributed by atoms with Gasteiger partial charge >= 0.3 is 11.9 Å². The highest BCUT2D eigenvalue weighted by atomic mass is 16.5. The van der Waals surface area contributed by atoms with Crippen LogP contribution in [-0.4, -0.2) is 29.6 Å². The number of amides is 1. The van der Waals surface area contributed by atoms with Gasteiger partial charge in [0.15, 0.2) is 0 Å². The Hall–Kier alpha value is -2.37. The van der Waals surface area contributed by atoms with Gasteiger partial charge in [0.05, 0.1) is 17.9 Å². The minimum Gasteiger partial charge on any atom is -0.481 e. The fraction of sp³-hybridized carbons (Fsp3) is 0.250. The number of esters is 1. The number of carbonyl (C=O) groups excluding carboxylic acids is 2. The molecule has 0 saturated carbocycles. The lowest BCUT2D eigenvalue weighted by Crippen LogP contribution is -2.18. The van der Waals surface area contributed by atoms with E-state index in [9.17, 15) is 14.4 Å². The Labute approximate surface area is 104 Å². The van der Waals surface area contributed by atoms with Gasteiger partial charge in [-0.25, -0.2) is 4.79 Å². The third-order valence-electron chi connectivity index (χ3n) is 2.01. The van der Waals surface area contributed by atoms with Crippen molar-refractivity contribution in [2.75, 3.05) is 11.9 Å². The summed E-state index contributed by atoms with van der Waals surface area (Å²) in [4.78, 5) is 33.3. The van der Waals surface area contributed by atoms with E-state index in [1.54, 1.807) is 19.1 Å². The monoisotopic (exact) mass is 251 g/mol. The molecule has 0 saturated heterocycles. The van der Waals surface area contributed by atoms with Gasteiger partial charge in [-0.2, -0.15) is 0 Å². The first kappa shape index (κ1) is 13.7. The Morgan fingerprint density at radius 3 is 2.56 bits per heavy atom. The van der Waals surface area contributed by atoms with Crippen molar-refractivity contribution in [2.24, 2.45) is 0 Å². The zero-order valence-corrected chi connectivity index (χ0v) is 9.80. The molecule has 1 aromatic carbocycles. The second-order valence-corrected chi connectivity index (χ2v) is 3.38. The van der Waals surface area contributed by atoms with Gasteiger partial charge in [-0.1, -0.05) is 12.1 Å². The molecule has 0 aromatic heterocycles. The van der Waals surface area contributed by atoms with E-state index in [2.05, 4.69) is 5.32 Å². The number of carboxylic acids is 1. The molecule has 1 aromatic rings. The maximum absolute atomic E-state index is 11.6. The fourth-order valence-electron chi connectivity index (χ4n) is 1.31. The summed E-state index contributed by atoms with van der Waals surface area (Å²) in [5, 5.41) is 10.8. The predicted octanol–water partition coefficient (Wildman–Crippen LogP) is 1.28. The number of rotatable bonds is 5. The highest BCUT2D eigenvalue weighted by Gasteiger charge is 2.15. The van der Waals surface area contributed by atoms with E-state index in [0.29, 0.717) is 0 Å². The molecule has 0 bridgehead atoms. The summed E-state index contributed by atoms with van der Waals surface area (Å²) in [6, 6.07) is 6.25. The van der Waals surface area contributed by atoms with Crippen LogP contribution in [0, 0.1) is 0 Å². The summed E-state index contributed by atoms with van der Waals surface area (Å²) in [6.07, 6.45) is -0.656. The minimum absolute atomic E-state index is 0.193. The van der Waals surface area contributed by atoms with E-state index >= 15 is 0 Å². The Bertz CT molecular complexity index is 469. The molecule has 0 heterocycles. The molecule has 0 unspecified atom stereocenters. The van der Waals surface area contributed by atoms with Crippen LogP contribution in [0.15, 0.2) is 24.3 Å². The molecule has 96 valence electrons. The van der Waals surface area contributed by atoms with Gasteiger partial charge in [0.2, 0.25) is 5.91 Å². The third kappa shape index (κ3) is 3.89. The molecule has 0 aliphatic carbocycles. The van der Waals surface area contributed by atoms with Crippen LogP contribution in [0.2, 0.25) is 0 Å². The zero-order chi connectivity index (χ0) is 13.5. The molecule has 1 amide bonds. The van der Waals surface area contributed by atoms with Crippen molar-refractivity contribution in [2.45, 2.75) is 13.3 Å². The number of anilines is 1. The lowest BCUT2D eigenvalue weighted by Gasteiger charge is -2.09. The molecule has 6 heteroatoms. The van der Waals surface area contributed by atoms with Crippen LogP contribution in [0.4, 0.5) is 5.69 Å². The van der Waals surface area contributed by atoms with Gasteiger partial charge in [0.25, 0.3) is 0 Å². The maximum atomic E-state index is 11.6. The fourth-order valence-corrected chi connectivity index (χ4v) is 1.31. The zero-order valence-electron chi connectivity index (χ0n) is 9.80. The van der Waals surface area contributed by atoms with Crippen LogP contribution in [0.3, 0.4) is 0 Å². The first-order valence-electron chi connectivity index (χ1n) is 5.32. The van der Waals surface area contributed by atoms with Crippen molar-refractivity contribution >= 4 is 23.5 Å². The van der Waals surface area contributed by atoms with Crippen molar-refractivity contribution in [1.82, 2.24) is 0 Å². The van der Waals surface area contributed by atoms with E-state index in [1.807, 2.05) is 0 Å². The number of benzene rings is 1. The average molecular weight is 251 g/mol. The smallest absolute Gasteiger partial charge is 0.340 e. The van der Waals surface area contributed by atoms with Crippen molar-refractivity contribution in [3.05, 3.63) is 29.8 Å². The van der Waals surface area contributed by atoms with Crippen molar-refractivity contribution in [1.29, 1.82) is 0 Å².